The smallest absolute Gasteiger partial charge is 0.141 e. The van der Waals surface area contributed by atoms with Gasteiger partial charge in [-0.25, -0.2) is 4.39 Å². The van der Waals surface area contributed by atoms with Gasteiger partial charge in [0.05, 0.1) is 7.11 Å². The summed E-state index contributed by atoms with van der Waals surface area (Å²) in [5.74, 6) is 0.552. The van der Waals surface area contributed by atoms with Crippen molar-refractivity contribution in [1.82, 2.24) is 0 Å². The van der Waals surface area contributed by atoms with Gasteiger partial charge >= 0.3 is 0 Å². The highest BCUT2D eigenvalue weighted by molar-refractivity contribution is 5.88. The van der Waals surface area contributed by atoms with E-state index in [2.05, 4.69) is 0 Å². The molecule has 1 unspecified atom stereocenters. The molecule has 3 heteroatoms. The third-order valence-electron chi connectivity index (χ3n) is 2.67. The molecule has 0 spiro atoms. The maximum absolute atomic E-state index is 13.8. The minimum absolute atomic E-state index is 0.0373. The number of hydrogen-bond donors (Lipinski definition) is 1. The molecule has 0 saturated carbocycles. The van der Waals surface area contributed by atoms with Crippen molar-refractivity contribution in [3.63, 3.8) is 0 Å². The molecule has 0 saturated heterocycles. The number of rotatable bonds is 3. The molecule has 1 atom stereocenters. The third kappa shape index (κ3) is 1.74. The van der Waals surface area contributed by atoms with Crippen molar-refractivity contribution >= 4 is 10.8 Å². The largest absolute Gasteiger partial charge is 0.496 e. The molecule has 0 bridgehead atoms. The molecule has 2 rings (SSSR count). The molecular formula is C13H14FNO. The van der Waals surface area contributed by atoms with Crippen molar-refractivity contribution in [2.75, 3.05) is 13.7 Å². The number of methoxy groups -OCH3 is 1. The van der Waals surface area contributed by atoms with Crippen molar-refractivity contribution in [2.24, 2.45) is 5.73 Å². The molecule has 0 aliphatic carbocycles. The van der Waals surface area contributed by atoms with Crippen LogP contribution in [-0.2, 0) is 0 Å². The van der Waals surface area contributed by atoms with Crippen LogP contribution in [0.15, 0.2) is 36.4 Å². The van der Waals surface area contributed by atoms with E-state index in [0.717, 1.165) is 10.8 Å². The highest BCUT2D eigenvalue weighted by Crippen LogP contribution is 2.34. The monoisotopic (exact) mass is 219 g/mol. The Hall–Kier alpha value is -1.61. The standard InChI is InChI=1S/C13H14FNO/c1-16-12-7-6-9-4-2-3-5-10(9)13(12)11(14)8-15/h2-7,11H,8,15H2,1H3. The molecule has 0 fully saturated rings. The van der Waals surface area contributed by atoms with E-state index >= 15 is 0 Å². The lowest BCUT2D eigenvalue weighted by Gasteiger charge is -2.14. The molecule has 16 heavy (non-hydrogen) atoms. The Bertz CT molecular complexity index is 498. The van der Waals surface area contributed by atoms with Crippen LogP contribution in [0.3, 0.4) is 0 Å². The van der Waals surface area contributed by atoms with E-state index in [4.69, 9.17) is 10.5 Å². The zero-order chi connectivity index (χ0) is 11.5. The quantitative estimate of drug-likeness (QED) is 0.861. The van der Waals surface area contributed by atoms with Crippen LogP contribution in [0, 0.1) is 0 Å². The Balaban J connectivity index is 2.72. The molecule has 0 heterocycles. The van der Waals surface area contributed by atoms with E-state index < -0.39 is 6.17 Å². The zero-order valence-corrected chi connectivity index (χ0v) is 9.11. The van der Waals surface area contributed by atoms with Crippen molar-refractivity contribution in [2.45, 2.75) is 6.17 Å². The summed E-state index contributed by atoms with van der Waals surface area (Å²) in [4.78, 5) is 0. The molecule has 0 aliphatic rings. The third-order valence-corrected chi connectivity index (χ3v) is 2.67. The molecule has 2 aromatic rings. The van der Waals surface area contributed by atoms with Crippen LogP contribution in [0.2, 0.25) is 0 Å². The summed E-state index contributed by atoms with van der Waals surface area (Å²) in [6, 6.07) is 11.3. The second kappa shape index (κ2) is 4.49. The van der Waals surface area contributed by atoms with Crippen molar-refractivity contribution in [3.05, 3.63) is 42.0 Å². The van der Waals surface area contributed by atoms with E-state index in [1.54, 1.807) is 6.07 Å². The van der Waals surface area contributed by atoms with Crippen LogP contribution in [0.5, 0.6) is 5.75 Å². The lowest BCUT2D eigenvalue weighted by molar-refractivity contribution is 0.334. The Morgan fingerprint density at radius 2 is 2.00 bits per heavy atom. The predicted molar refractivity (Wildman–Crippen MR) is 63.4 cm³/mol. The van der Waals surface area contributed by atoms with E-state index in [1.165, 1.54) is 7.11 Å². The van der Waals surface area contributed by atoms with Crippen molar-refractivity contribution < 1.29 is 9.13 Å². The number of halogens is 1. The van der Waals surface area contributed by atoms with Gasteiger partial charge in [0.15, 0.2) is 0 Å². The van der Waals surface area contributed by atoms with Gasteiger partial charge in [-0.05, 0) is 16.8 Å². The van der Waals surface area contributed by atoms with E-state index in [1.807, 2.05) is 30.3 Å². The lowest BCUT2D eigenvalue weighted by atomic mass is 10.00. The molecule has 0 amide bonds. The minimum atomic E-state index is -1.19. The van der Waals surface area contributed by atoms with Crippen LogP contribution < -0.4 is 10.5 Å². The number of hydrogen-bond acceptors (Lipinski definition) is 2. The Labute approximate surface area is 93.8 Å². The van der Waals surface area contributed by atoms with E-state index in [0.29, 0.717) is 11.3 Å². The van der Waals surface area contributed by atoms with Crippen LogP contribution in [0.25, 0.3) is 10.8 Å². The van der Waals surface area contributed by atoms with Crippen LogP contribution >= 0.6 is 0 Å². The number of benzene rings is 2. The number of nitrogens with two attached hydrogens (primary N) is 1. The molecule has 0 aliphatic heterocycles. The summed E-state index contributed by atoms with van der Waals surface area (Å²) in [5, 5.41) is 1.86. The van der Waals surface area contributed by atoms with E-state index in [9.17, 15) is 4.39 Å². The van der Waals surface area contributed by atoms with Gasteiger partial charge in [-0.2, -0.15) is 0 Å². The van der Waals surface area contributed by atoms with E-state index in [-0.39, 0.29) is 6.54 Å². The van der Waals surface area contributed by atoms with Crippen LogP contribution in [-0.4, -0.2) is 13.7 Å². The highest BCUT2D eigenvalue weighted by atomic mass is 19.1. The molecule has 2 N–H and O–H groups in total. The maximum atomic E-state index is 13.8. The SMILES string of the molecule is COc1ccc2ccccc2c1C(F)CN. The lowest BCUT2D eigenvalue weighted by Crippen LogP contribution is -2.09. The number of fused-ring (bicyclic) bond motifs is 1. The molecule has 84 valence electrons. The predicted octanol–water partition coefficient (Wildman–Crippen LogP) is 2.82. The Morgan fingerprint density at radius 1 is 1.25 bits per heavy atom. The second-order valence-corrected chi connectivity index (χ2v) is 3.61. The first-order valence-corrected chi connectivity index (χ1v) is 5.17. The van der Waals surface area contributed by atoms with Crippen molar-refractivity contribution in [1.29, 1.82) is 0 Å². The second-order valence-electron chi connectivity index (χ2n) is 3.61. The van der Waals surface area contributed by atoms with Crippen LogP contribution in [0.1, 0.15) is 11.7 Å². The number of alkyl halides is 1. The molecule has 2 nitrogen and oxygen atoms in total. The summed E-state index contributed by atoms with van der Waals surface area (Å²) >= 11 is 0. The Kier molecular flexibility index (Phi) is 3.06. The van der Waals surface area contributed by atoms with Gasteiger partial charge in [0.25, 0.3) is 0 Å². The van der Waals surface area contributed by atoms with Gasteiger partial charge in [0.1, 0.15) is 11.9 Å². The summed E-state index contributed by atoms with van der Waals surface area (Å²) in [7, 11) is 1.54. The van der Waals surface area contributed by atoms with Crippen LogP contribution in [0.4, 0.5) is 4.39 Å². The molecule has 0 radical (unpaired) electrons. The van der Waals surface area contributed by atoms with Gasteiger partial charge in [-0.3, -0.25) is 0 Å². The summed E-state index contributed by atoms with van der Waals surface area (Å²) < 4.78 is 19.0. The number of ether oxygens (including phenoxy) is 1. The first-order valence-electron chi connectivity index (χ1n) is 5.17. The fraction of sp³-hybridized carbons (Fsp3) is 0.231. The fourth-order valence-electron chi connectivity index (χ4n) is 1.89. The maximum Gasteiger partial charge on any atom is 0.141 e. The van der Waals surface area contributed by atoms with Gasteiger partial charge in [0, 0.05) is 12.1 Å². The van der Waals surface area contributed by atoms with Crippen molar-refractivity contribution in [3.8, 4) is 5.75 Å². The summed E-state index contributed by atoms with van der Waals surface area (Å²) in [5.41, 5.74) is 5.93. The van der Waals surface area contributed by atoms with Gasteiger partial charge in [-0.1, -0.05) is 30.3 Å². The van der Waals surface area contributed by atoms with Gasteiger partial charge in [-0.15, -0.1) is 0 Å². The summed E-state index contributed by atoms with van der Waals surface area (Å²) in [6.45, 7) is -0.0373. The van der Waals surface area contributed by atoms with Gasteiger partial charge < -0.3 is 10.5 Å². The molecule has 2 aromatic carbocycles. The fourth-order valence-corrected chi connectivity index (χ4v) is 1.89. The average Bonchev–Trinajstić information content (AvgIpc) is 2.36. The highest BCUT2D eigenvalue weighted by Gasteiger charge is 2.16. The first kappa shape index (κ1) is 10.9. The topological polar surface area (TPSA) is 35.2 Å². The first-order chi connectivity index (χ1) is 7.77. The molecule has 0 aromatic heterocycles. The molecular weight excluding hydrogens is 205 g/mol. The summed E-state index contributed by atoms with van der Waals surface area (Å²) in [6.07, 6.45) is -1.19. The normalized spacial score (nSPS) is 12.7. The van der Waals surface area contributed by atoms with Gasteiger partial charge in [0.2, 0.25) is 0 Å². The average molecular weight is 219 g/mol. The Morgan fingerprint density at radius 3 is 2.69 bits per heavy atom. The minimum Gasteiger partial charge on any atom is -0.496 e. The zero-order valence-electron chi connectivity index (χ0n) is 9.11.